The van der Waals surface area contributed by atoms with Gasteiger partial charge in [-0.2, -0.15) is 0 Å². The van der Waals surface area contributed by atoms with Crippen molar-refractivity contribution in [2.75, 3.05) is 37.1 Å². The highest BCUT2D eigenvalue weighted by Crippen LogP contribution is 2.48. The summed E-state index contributed by atoms with van der Waals surface area (Å²) >= 11 is 12.9. The molecule has 0 aromatic heterocycles. The summed E-state index contributed by atoms with van der Waals surface area (Å²) in [5.41, 5.74) is 3.26. The molecule has 1 aliphatic heterocycles. The molecule has 0 bridgehead atoms. The number of carbonyl (C=O) groups is 2. The minimum absolute atomic E-state index is 0.0311. The third-order valence-corrected chi connectivity index (χ3v) is 7.82. The lowest BCUT2D eigenvalue weighted by molar-refractivity contribution is -0.132. The molecular weight excluding hydrogens is 551 g/mol. The molecule has 0 saturated carbocycles. The molecule has 1 heterocycles. The SMILES string of the molecule is CCc1ccc(N2C(=O)C(=O)/C(=C(/O)c3cc(Cl)c(OC)c(Cl)c3OC)C2c2ccc(N(CC)CC)cc2)cc1. The number of rotatable bonds is 9. The number of amides is 1. The molecule has 7 nitrogen and oxygen atoms in total. The van der Waals surface area contributed by atoms with Crippen LogP contribution in [0.25, 0.3) is 5.76 Å². The van der Waals surface area contributed by atoms with Crippen molar-refractivity contribution in [1.82, 2.24) is 0 Å². The third-order valence-electron chi connectivity index (χ3n) is 7.20. The lowest BCUT2D eigenvalue weighted by Crippen LogP contribution is -2.29. The average Bonchev–Trinajstić information content (AvgIpc) is 3.23. The van der Waals surface area contributed by atoms with E-state index in [2.05, 4.69) is 18.7 Å². The second kappa shape index (κ2) is 12.2. The van der Waals surface area contributed by atoms with Crippen molar-refractivity contribution in [3.8, 4) is 11.5 Å². The molecule has 3 aromatic carbocycles. The van der Waals surface area contributed by atoms with Crippen LogP contribution in [0.4, 0.5) is 11.4 Å². The van der Waals surface area contributed by atoms with E-state index in [0.717, 1.165) is 30.8 Å². The van der Waals surface area contributed by atoms with Crippen LogP contribution in [-0.2, 0) is 16.0 Å². The standard InChI is InChI=1S/C31H32Cl2N2O5/c1-6-18-9-13-21(14-10-18)35-26(19-11-15-20(16-12-19)34(7-2)8-3)24(28(37)31(35)38)27(36)22-17-23(32)30(40-5)25(33)29(22)39-4/h9-17,26,36H,6-8H2,1-5H3/b27-24+. The van der Waals surface area contributed by atoms with Crippen LogP contribution >= 0.6 is 23.2 Å². The number of halogens is 2. The first-order valence-corrected chi connectivity index (χ1v) is 13.8. The number of ether oxygens (including phenoxy) is 2. The van der Waals surface area contributed by atoms with Gasteiger partial charge in [-0.3, -0.25) is 14.5 Å². The van der Waals surface area contributed by atoms with E-state index >= 15 is 0 Å². The summed E-state index contributed by atoms with van der Waals surface area (Å²) in [7, 11) is 2.78. The molecule has 1 unspecified atom stereocenters. The maximum absolute atomic E-state index is 13.6. The lowest BCUT2D eigenvalue weighted by Gasteiger charge is -2.27. The van der Waals surface area contributed by atoms with Gasteiger partial charge in [-0.05, 0) is 61.7 Å². The summed E-state index contributed by atoms with van der Waals surface area (Å²) in [5.74, 6) is -1.81. The molecule has 1 fully saturated rings. The van der Waals surface area contributed by atoms with E-state index in [-0.39, 0.29) is 32.7 Å². The molecule has 9 heteroatoms. The van der Waals surface area contributed by atoms with E-state index in [1.54, 1.807) is 0 Å². The monoisotopic (exact) mass is 582 g/mol. The van der Waals surface area contributed by atoms with E-state index in [1.165, 1.54) is 25.2 Å². The Labute approximate surface area is 244 Å². The van der Waals surface area contributed by atoms with Crippen molar-refractivity contribution < 1.29 is 24.2 Å². The average molecular weight is 584 g/mol. The van der Waals surface area contributed by atoms with Gasteiger partial charge in [-0.1, -0.05) is 54.4 Å². The van der Waals surface area contributed by atoms with Crippen molar-refractivity contribution in [3.63, 3.8) is 0 Å². The van der Waals surface area contributed by atoms with Crippen LogP contribution in [0.2, 0.25) is 10.0 Å². The Kier molecular flexibility index (Phi) is 8.96. The molecule has 0 radical (unpaired) electrons. The Morgan fingerprint density at radius 1 is 0.925 bits per heavy atom. The van der Waals surface area contributed by atoms with E-state index in [0.29, 0.717) is 11.3 Å². The molecule has 210 valence electrons. The molecule has 1 amide bonds. The van der Waals surface area contributed by atoms with Gasteiger partial charge in [0.1, 0.15) is 10.8 Å². The van der Waals surface area contributed by atoms with Gasteiger partial charge >= 0.3 is 0 Å². The van der Waals surface area contributed by atoms with Crippen LogP contribution in [0.15, 0.2) is 60.2 Å². The van der Waals surface area contributed by atoms with E-state index < -0.39 is 23.5 Å². The van der Waals surface area contributed by atoms with Crippen LogP contribution in [0.1, 0.15) is 43.5 Å². The highest BCUT2D eigenvalue weighted by molar-refractivity contribution is 6.52. The number of aliphatic hydroxyl groups is 1. The first kappa shape index (κ1) is 29.3. The summed E-state index contributed by atoms with van der Waals surface area (Å²) in [5, 5.41) is 11.8. The van der Waals surface area contributed by atoms with Crippen LogP contribution in [0.5, 0.6) is 11.5 Å². The number of hydrogen-bond donors (Lipinski definition) is 1. The molecular formula is C31H32Cl2N2O5. The number of anilines is 2. The van der Waals surface area contributed by atoms with Crippen LogP contribution < -0.4 is 19.3 Å². The van der Waals surface area contributed by atoms with E-state index in [9.17, 15) is 14.7 Å². The fraction of sp³-hybridized carbons (Fsp3) is 0.290. The Hall–Kier alpha value is -3.68. The van der Waals surface area contributed by atoms with Crippen molar-refractivity contribution in [2.24, 2.45) is 0 Å². The summed E-state index contributed by atoms with van der Waals surface area (Å²) in [6.07, 6.45) is 0.828. The number of Topliss-reactive ketones (excluding diaryl/α,β-unsaturated/α-hetero) is 1. The van der Waals surface area contributed by atoms with Crippen molar-refractivity contribution in [1.29, 1.82) is 0 Å². The first-order chi connectivity index (χ1) is 19.2. The number of hydrogen-bond acceptors (Lipinski definition) is 6. The summed E-state index contributed by atoms with van der Waals surface area (Å²) in [6, 6.07) is 15.6. The van der Waals surface area contributed by atoms with Gasteiger partial charge in [0.05, 0.1) is 36.4 Å². The lowest BCUT2D eigenvalue weighted by atomic mass is 9.94. The topological polar surface area (TPSA) is 79.3 Å². The zero-order chi connectivity index (χ0) is 29.1. The molecule has 1 atom stereocenters. The molecule has 1 aliphatic rings. The molecule has 0 aliphatic carbocycles. The molecule has 1 saturated heterocycles. The fourth-order valence-electron chi connectivity index (χ4n) is 5.05. The smallest absolute Gasteiger partial charge is 0.300 e. The Balaban J connectivity index is 1.97. The second-order valence-electron chi connectivity index (χ2n) is 9.24. The number of benzene rings is 3. The molecule has 4 rings (SSSR count). The number of nitrogens with zero attached hydrogens (tertiary/aromatic N) is 2. The number of ketones is 1. The number of carbonyl (C=O) groups excluding carboxylic acids is 2. The Bertz CT molecular complexity index is 1450. The second-order valence-corrected chi connectivity index (χ2v) is 10.0. The summed E-state index contributed by atoms with van der Waals surface area (Å²) < 4.78 is 10.8. The van der Waals surface area contributed by atoms with Crippen LogP contribution in [-0.4, -0.2) is 44.1 Å². The Morgan fingerprint density at radius 3 is 2.05 bits per heavy atom. The van der Waals surface area contributed by atoms with Crippen LogP contribution in [0, 0.1) is 0 Å². The maximum Gasteiger partial charge on any atom is 0.300 e. The number of methoxy groups -OCH3 is 2. The van der Waals surface area contributed by atoms with E-state index in [1.807, 2.05) is 55.5 Å². The highest BCUT2D eigenvalue weighted by Gasteiger charge is 2.47. The number of aliphatic hydroxyl groups excluding tert-OH is 1. The maximum atomic E-state index is 13.6. The van der Waals surface area contributed by atoms with Gasteiger partial charge in [0.25, 0.3) is 11.7 Å². The van der Waals surface area contributed by atoms with Crippen molar-refractivity contribution >= 4 is 52.0 Å². The quantitative estimate of drug-likeness (QED) is 0.165. The van der Waals surface area contributed by atoms with Crippen LogP contribution in [0.3, 0.4) is 0 Å². The van der Waals surface area contributed by atoms with Gasteiger partial charge < -0.3 is 19.5 Å². The molecule has 40 heavy (non-hydrogen) atoms. The zero-order valence-corrected chi connectivity index (χ0v) is 24.6. The van der Waals surface area contributed by atoms with Gasteiger partial charge in [0, 0.05) is 24.5 Å². The highest BCUT2D eigenvalue weighted by atomic mass is 35.5. The fourth-order valence-corrected chi connectivity index (χ4v) is 5.74. The molecule has 3 aromatic rings. The van der Waals surface area contributed by atoms with E-state index in [4.69, 9.17) is 32.7 Å². The summed E-state index contributed by atoms with van der Waals surface area (Å²) in [6.45, 7) is 7.85. The van der Waals surface area contributed by atoms with Crippen molar-refractivity contribution in [3.05, 3.63) is 86.9 Å². The van der Waals surface area contributed by atoms with Gasteiger partial charge in [0.15, 0.2) is 11.5 Å². The first-order valence-electron chi connectivity index (χ1n) is 13.1. The largest absolute Gasteiger partial charge is 0.507 e. The predicted molar refractivity (Wildman–Crippen MR) is 160 cm³/mol. The van der Waals surface area contributed by atoms with Gasteiger partial charge in [-0.25, -0.2) is 0 Å². The van der Waals surface area contributed by atoms with Gasteiger partial charge in [-0.15, -0.1) is 0 Å². The minimum Gasteiger partial charge on any atom is -0.507 e. The predicted octanol–water partition coefficient (Wildman–Crippen LogP) is 7.05. The van der Waals surface area contributed by atoms with Crippen molar-refractivity contribution in [2.45, 2.75) is 33.2 Å². The summed E-state index contributed by atoms with van der Waals surface area (Å²) in [4.78, 5) is 30.8. The number of aryl methyl sites for hydroxylation is 1. The van der Waals surface area contributed by atoms with Gasteiger partial charge in [0.2, 0.25) is 0 Å². The Morgan fingerprint density at radius 2 is 1.52 bits per heavy atom. The molecule has 0 spiro atoms. The third kappa shape index (κ3) is 5.11. The minimum atomic E-state index is -0.914. The normalized spacial score (nSPS) is 16.4. The zero-order valence-electron chi connectivity index (χ0n) is 23.1. The molecule has 1 N–H and O–H groups in total.